The lowest BCUT2D eigenvalue weighted by Gasteiger charge is -2.07. The fraction of sp³-hybridized carbons (Fsp3) is 0.556. The van der Waals surface area contributed by atoms with E-state index < -0.39 is 5.97 Å². The third-order valence-corrected chi connectivity index (χ3v) is 2.39. The molecule has 5 heteroatoms. The zero-order valence-electron chi connectivity index (χ0n) is 8.45. The SMILES string of the molecule is CCC(C)n1cc(Cl)c(C(=O)OC)n1. The van der Waals surface area contributed by atoms with Crippen molar-refractivity contribution in [1.82, 2.24) is 9.78 Å². The first-order valence-electron chi connectivity index (χ1n) is 4.43. The fourth-order valence-electron chi connectivity index (χ4n) is 1.02. The van der Waals surface area contributed by atoms with Gasteiger partial charge in [-0.1, -0.05) is 18.5 Å². The Morgan fingerprint density at radius 1 is 1.79 bits per heavy atom. The molecule has 1 aromatic rings. The molecular formula is C9H13ClN2O2. The van der Waals surface area contributed by atoms with Crippen LogP contribution in [0.2, 0.25) is 5.02 Å². The van der Waals surface area contributed by atoms with E-state index in [1.165, 1.54) is 7.11 Å². The third-order valence-electron chi connectivity index (χ3n) is 2.11. The third kappa shape index (κ3) is 2.07. The first-order valence-corrected chi connectivity index (χ1v) is 4.80. The molecule has 0 aliphatic carbocycles. The Kier molecular flexibility index (Phi) is 3.52. The maximum Gasteiger partial charge on any atom is 0.360 e. The van der Waals surface area contributed by atoms with Gasteiger partial charge in [-0.05, 0) is 13.3 Å². The number of hydrogen-bond acceptors (Lipinski definition) is 3. The maximum absolute atomic E-state index is 11.2. The van der Waals surface area contributed by atoms with Gasteiger partial charge < -0.3 is 4.74 Å². The Morgan fingerprint density at radius 3 is 2.93 bits per heavy atom. The smallest absolute Gasteiger partial charge is 0.360 e. The van der Waals surface area contributed by atoms with Crippen LogP contribution >= 0.6 is 11.6 Å². The van der Waals surface area contributed by atoms with Gasteiger partial charge in [0, 0.05) is 12.2 Å². The van der Waals surface area contributed by atoms with Crippen LogP contribution in [0, 0.1) is 0 Å². The number of rotatable bonds is 3. The number of esters is 1. The summed E-state index contributed by atoms with van der Waals surface area (Å²) in [5, 5.41) is 4.39. The number of carbonyl (C=O) groups excluding carboxylic acids is 1. The molecule has 0 radical (unpaired) electrons. The summed E-state index contributed by atoms with van der Waals surface area (Å²) in [7, 11) is 1.31. The predicted molar refractivity (Wildman–Crippen MR) is 53.6 cm³/mol. The summed E-state index contributed by atoms with van der Waals surface area (Å²) in [5.41, 5.74) is 0.175. The molecule has 0 spiro atoms. The Hall–Kier alpha value is -1.03. The number of hydrogen-bond donors (Lipinski definition) is 0. The summed E-state index contributed by atoms with van der Waals surface area (Å²) >= 11 is 5.84. The van der Waals surface area contributed by atoms with Crippen LogP contribution < -0.4 is 0 Å². The van der Waals surface area contributed by atoms with Gasteiger partial charge in [0.25, 0.3) is 0 Å². The van der Waals surface area contributed by atoms with Crippen molar-refractivity contribution in [2.24, 2.45) is 0 Å². The second kappa shape index (κ2) is 4.46. The summed E-state index contributed by atoms with van der Waals surface area (Å²) in [5.74, 6) is -0.503. The van der Waals surface area contributed by atoms with E-state index in [1.807, 2.05) is 13.8 Å². The van der Waals surface area contributed by atoms with E-state index in [1.54, 1.807) is 10.9 Å². The number of halogens is 1. The second-order valence-corrected chi connectivity index (χ2v) is 3.46. The Labute approximate surface area is 87.8 Å². The predicted octanol–water partition coefficient (Wildman–Crippen LogP) is 2.29. The van der Waals surface area contributed by atoms with Crippen molar-refractivity contribution in [1.29, 1.82) is 0 Å². The zero-order valence-corrected chi connectivity index (χ0v) is 9.21. The van der Waals surface area contributed by atoms with Gasteiger partial charge in [-0.2, -0.15) is 5.10 Å². The first kappa shape index (κ1) is 11.0. The van der Waals surface area contributed by atoms with Crippen molar-refractivity contribution >= 4 is 17.6 Å². The molecule has 1 heterocycles. The molecule has 0 saturated heterocycles. The lowest BCUT2D eigenvalue weighted by molar-refractivity contribution is 0.0593. The van der Waals surface area contributed by atoms with Gasteiger partial charge in [-0.25, -0.2) is 4.79 Å². The molecule has 0 amide bonds. The fourth-order valence-corrected chi connectivity index (χ4v) is 1.23. The van der Waals surface area contributed by atoms with Gasteiger partial charge in [0.15, 0.2) is 5.69 Å². The highest BCUT2D eigenvalue weighted by Gasteiger charge is 2.17. The van der Waals surface area contributed by atoms with E-state index in [2.05, 4.69) is 9.84 Å². The van der Waals surface area contributed by atoms with Gasteiger partial charge >= 0.3 is 5.97 Å². The summed E-state index contributed by atoms with van der Waals surface area (Å²) < 4.78 is 6.22. The van der Waals surface area contributed by atoms with Crippen molar-refractivity contribution in [2.45, 2.75) is 26.3 Å². The number of aromatic nitrogens is 2. The molecule has 1 unspecified atom stereocenters. The molecule has 0 N–H and O–H groups in total. The molecule has 1 atom stereocenters. The molecule has 1 rings (SSSR count). The van der Waals surface area contributed by atoms with E-state index in [4.69, 9.17) is 11.6 Å². The van der Waals surface area contributed by atoms with Crippen LogP contribution in [0.15, 0.2) is 6.20 Å². The van der Waals surface area contributed by atoms with Crippen LogP contribution in [0.1, 0.15) is 36.8 Å². The average Bonchev–Trinajstić information content (AvgIpc) is 2.58. The molecule has 0 aliphatic rings. The molecule has 0 bridgehead atoms. The number of ether oxygens (including phenoxy) is 1. The highest BCUT2D eigenvalue weighted by molar-refractivity contribution is 6.33. The van der Waals surface area contributed by atoms with Crippen LogP contribution in [0.4, 0.5) is 0 Å². The van der Waals surface area contributed by atoms with Crippen LogP contribution in [-0.4, -0.2) is 22.9 Å². The monoisotopic (exact) mass is 216 g/mol. The Morgan fingerprint density at radius 2 is 2.43 bits per heavy atom. The van der Waals surface area contributed by atoms with E-state index in [-0.39, 0.29) is 11.7 Å². The average molecular weight is 217 g/mol. The van der Waals surface area contributed by atoms with Crippen molar-refractivity contribution in [3.8, 4) is 0 Å². The Balaban J connectivity index is 2.98. The van der Waals surface area contributed by atoms with Gasteiger partial charge in [-0.3, -0.25) is 4.68 Å². The zero-order chi connectivity index (χ0) is 10.7. The lowest BCUT2D eigenvalue weighted by Crippen LogP contribution is -2.08. The van der Waals surface area contributed by atoms with Gasteiger partial charge in [0.2, 0.25) is 0 Å². The molecule has 1 aromatic heterocycles. The largest absolute Gasteiger partial charge is 0.464 e. The highest BCUT2D eigenvalue weighted by atomic mass is 35.5. The van der Waals surface area contributed by atoms with Crippen molar-refractivity contribution < 1.29 is 9.53 Å². The standard InChI is InChI=1S/C9H13ClN2O2/c1-4-6(2)12-5-7(10)8(11-12)9(13)14-3/h5-6H,4H2,1-3H3. The van der Waals surface area contributed by atoms with E-state index in [0.29, 0.717) is 5.02 Å². The van der Waals surface area contributed by atoms with Crippen LogP contribution in [-0.2, 0) is 4.74 Å². The minimum atomic E-state index is -0.503. The number of methoxy groups -OCH3 is 1. The minimum absolute atomic E-state index is 0.175. The summed E-state index contributed by atoms with van der Waals surface area (Å²) in [6.45, 7) is 4.04. The molecule has 0 aliphatic heterocycles. The molecule has 78 valence electrons. The van der Waals surface area contributed by atoms with Crippen LogP contribution in [0.5, 0.6) is 0 Å². The van der Waals surface area contributed by atoms with E-state index >= 15 is 0 Å². The second-order valence-electron chi connectivity index (χ2n) is 3.05. The summed E-state index contributed by atoms with van der Waals surface area (Å²) in [6.07, 6.45) is 2.57. The van der Waals surface area contributed by atoms with Crippen molar-refractivity contribution in [3.05, 3.63) is 16.9 Å². The first-order chi connectivity index (χ1) is 6.60. The Bertz CT molecular complexity index is 336. The minimum Gasteiger partial charge on any atom is -0.464 e. The quantitative estimate of drug-likeness (QED) is 0.729. The summed E-state index contributed by atoms with van der Waals surface area (Å²) in [4.78, 5) is 11.2. The van der Waals surface area contributed by atoms with Crippen LogP contribution in [0.3, 0.4) is 0 Å². The van der Waals surface area contributed by atoms with Crippen molar-refractivity contribution in [2.75, 3.05) is 7.11 Å². The highest BCUT2D eigenvalue weighted by Crippen LogP contribution is 2.18. The van der Waals surface area contributed by atoms with E-state index in [9.17, 15) is 4.79 Å². The maximum atomic E-state index is 11.2. The molecular weight excluding hydrogens is 204 g/mol. The molecule has 0 saturated carbocycles. The molecule has 0 fully saturated rings. The normalized spacial score (nSPS) is 12.6. The number of nitrogens with zero attached hydrogens (tertiary/aromatic N) is 2. The van der Waals surface area contributed by atoms with E-state index in [0.717, 1.165) is 6.42 Å². The topological polar surface area (TPSA) is 44.1 Å². The van der Waals surface area contributed by atoms with Crippen LogP contribution in [0.25, 0.3) is 0 Å². The lowest BCUT2D eigenvalue weighted by atomic mass is 10.3. The molecule has 14 heavy (non-hydrogen) atoms. The van der Waals surface area contributed by atoms with Crippen molar-refractivity contribution in [3.63, 3.8) is 0 Å². The van der Waals surface area contributed by atoms with Gasteiger partial charge in [0.05, 0.1) is 12.1 Å². The molecule has 4 nitrogen and oxygen atoms in total. The van der Waals surface area contributed by atoms with Gasteiger partial charge in [0.1, 0.15) is 0 Å². The van der Waals surface area contributed by atoms with Gasteiger partial charge in [-0.15, -0.1) is 0 Å². The summed E-state index contributed by atoms with van der Waals surface area (Å²) in [6, 6.07) is 0.228. The number of carbonyl (C=O) groups is 1. The molecule has 0 aromatic carbocycles.